The van der Waals surface area contributed by atoms with E-state index in [1.54, 1.807) is 0 Å². The SMILES string of the molecule is CC(C)=CCC[C@](C)(O[C@@H]1O[C@H](CO[C@H]2O[C@@H](C)[C@H](O)[C@H](O)[C@H]2O)[C@@H](O)[C@@H](O)[C@H]1O)[C@H]1CC[C@@]2(C)[C@@H]1[C@@H](O)C[C@@H]1[C@]3(C)CC[C@@H](O[C@H]4O[C@@H](CO)[C@H](O)[C@@H](O)[C@H]4O)C(C)(C)[C@@H]3CC[C@]12C. The summed E-state index contributed by atoms with van der Waals surface area (Å²) in [6.45, 7) is 18.1. The van der Waals surface area contributed by atoms with Gasteiger partial charge in [0.05, 0.1) is 37.1 Å². The molecular weight excluding hydrogens is 849 g/mol. The van der Waals surface area contributed by atoms with Gasteiger partial charge < -0.3 is 84.6 Å². The molecule has 376 valence electrons. The molecule has 17 heteroatoms. The minimum absolute atomic E-state index is 0.147. The molecule has 25 atom stereocenters. The Balaban J connectivity index is 1.11. The Kier molecular flexibility index (Phi) is 15.2. The highest BCUT2D eigenvalue weighted by molar-refractivity contribution is 5.20. The van der Waals surface area contributed by atoms with Gasteiger partial charge in [0.15, 0.2) is 18.9 Å². The first-order valence-electron chi connectivity index (χ1n) is 24.2. The summed E-state index contributed by atoms with van der Waals surface area (Å²) in [7, 11) is 0. The van der Waals surface area contributed by atoms with E-state index < -0.39 is 122 Å². The topological polar surface area (TPSA) is 278 Å². The van der Waals surface area contributed by atoms with Crippen molar-refractivity contribution in [2.24, 2.45) is 45.3 Å². The Morgan fingerprint density at radius 3 is 1.89 bits per heavy atom. The molecule has 17 nitrogen and oxygen atoms in total. The predicted octanol–water partition coefficient (Wildman–Crippen LogP) is 1.00. The fourth-order valence-corrected chi connectivity index (χ4v) is 14.7. The van der Waals surface area contributed by atoms with E-state index in [-0.39, 0.29) is 46.0 Å². The maximum absolute atomic E-state index is 12.7. The molecule has 0 bridgehead atoms. The van der Waals surface area contributed by atoms with E-state index in [9.17, 15) is 56.2 Å². The lowest BCUT2D eigenvalue weighted by Gasteiger charge is -2.71. The molecule has 0 aromatic heterocycles. The summed E-state index contributed by atoms with van der Waals surface area (Å²) in [4.78, 5) is 0. The number of hydrogen-bond acceptors (Lipinski definition) is 17. The van der Waals surface area contributed by atoms with Crippen LogP contribution in [0.25, 0.3) is 0 Å². The summed E-state index contributed by atoms with van der Waals surface area (Å²) in [5.74, 6) is -0.0571. The summed E-state index contributed by atoms with van der Waals surface area (Å²) < 4.78 is 36.8. The summed E-state index contributed by atoms with van der Waals surface area (Å²) in [6, 6.07) is 0. The largest absolute Gasteiger partial charge is 0.394 e. The molecule has 7 rings (SSSR count). The molecule has 4 saturated carbocycles. The van der Waals surface area contributed by atoms with Crippen LogP contribution in [0.4, 0.5) is 0 Å². The molecule has 0 aromatic carbocycles. The zero-order valence-electron chi connectivity index (χ0n) is 39.8. The second kappa shape index (κ2) is 19.0. The first kappa shape index (κ1) is 51.9. The third kappa shape index (κ3) is 8.84. The highest BCUT2D eigenvalue weighted by Crippen LogP contribution is 2.76. The number of aliphatic hydroxyl groups excluding tert-OH is 11. The normalized spacial score (nSPS) is 53.0. The van der Waals surface area contributed by atoms with E-state index >= 15 is 0 Å². The van der Waals surface area contributed by atoms with E-state index in [2.05, 4.69) is 40.7 Å². The van der Waals surface area contributed by atoms with Gasteiger partial charge in [-0.3, -0.25) is 0 Å². The average Bonchev–Trinajstić information content (AvgIpc) is 3.63. The second-order valence-electron chi connectivity index (χ2n) is 22.9. The molecule has 11 N–H and O–H groups in total. The Morgan fingerprint density at radius 2 is 1.25 bits per heavy atom. The van der Waals surface area contributed by atoms with Crippen LogP contribution < -0.4 is 0 Å². The van der Waals surface area contributed by atoms with Gasteiger partial charge in [0.2, 0.25) is 0 Å². The highest BCUT2D eigenvalue weighted by atomic mass is 16.7. The molecule has 0 unspecified atom stereocenters. The minimum Gasteiger partial charge on any atom is -0.394 e. The van der Waals surface area contributed by atoms with Crippen LogP contribution in [0.2, 0.25) is 0 Å². The fraction of sp³-hybridized carbons (Fsp3) is 0.958. The Morgan fingerprint density at radius 1 is 0.662 bits per heavy atom. The number of aliphatic hydroxyl groups is 11. The summed E-state index contributed by atoms with van der Waals surface area (Å²) >= 11 is 0. The smallest absolute Gasteiger partial charge is 0.187 e. The van der Waals surface area contributed by atoms with E-state index in [4.69, 9.17) is 28.4 Å². The standard InChI is InChI=1S/C48H82O17/c1-22(2)11-10-15-48(9,65-43-40(59)37(56)34(53)27(63-43)21-60-41-38(57)35(54)32(51)23(3)61-41)24-12-17-47(8)31(24)25(50)19-29-45(6)16-14-30(44(4,5)28(45)13-18-46(29,47)7)64-42-39(58)36(55)33(52)26(20-49)62-42/h11,23-43,49-59H,10,12-21H2,1-9H3/t23-,24-,25-,26-,27+,28-,29+,30+,31-,32-,33-,34+,35-,36+,37+,38+,39+,40+,41-,42+,43-,45+,46+,47-,48-/m0/s1. The van der Waals surface area contributed by atoms with Crippen LogP contribution >= 0.6 is 0 Å². The third-order valence-electron chi connectivity index (χ3n) is 18.7. The Hall–Kier alpha value is -0.940. The van der Waals surface area contributed by atoms with Crippen molar-refractivity contribution in [1.82, 2.24) is 0 Å². The average molecular weight is 931 g/mol. The third-order valence-corrected chi connectivity index (χ3v) is 18.7. The van der Waals surface area contributed by atoms with Crippen LogP contribution in [-0.4, -0.2) is 179 Å². The molecule has 0 radical (unpaired) electrons. The van der Waals surface area contributed by atoms with Gasteiger partial charge in [-0.15, -0.1) is 0 Å². The van der Waals surface area contributed by atoms with Crippen molar-refractivity contribution in [2.75, 3.05) is 13.2 Å². The monoisotopic (exact) mass is 931 g/mol. The van der Waals surface area contributed by atoms with Gasteiger partial charge in [-0.05, 0) is 131 Å². The minimum atomic E-state index is -1.68. The Bertz CT molecular complexity index is 1660. The number of hydrogen-bond donors (Lipinski definition) is 11. The van der Waals surface area contributed by atoms with E-state index in [1.165, 1.54) is 6.92 Å². The maximum atomic E-state index is 12.7. The summed E-state index contributed by atoms with van der Waals surface area (Å²) in [6.07, 6.45) is -13.4. The lowest BCUT2D eigenvalue weighted by Crippen LogP contribution is -2.67. The van der Waals surface area contributed by atoms with Gasteiger partial charge in [-0.1, -0.05) is 46.3 Å². The van der Waals surface area contributed by atoms with Crippen LogP contribution in [0.3, 0.4) is 0 Å². The maximum Gasteiger partial charge on any atom is 0.187 e. The predicted molar refractivity (Wildman–Crippen MR) is 232 cm³/mol. The zero-order valence-corrected chi connectivity index (χ0v) is 39.8. The van der Waals surface area contributed by atoms with Crippen LogP contribution in [0, 0.1) is 45.3 Å². The van der Waals surface area contributed by atoms with Gasteiger partial charge in [0.1, 0.15) is 67.1 Å². The lowest BCUT2D eigenvalue weighted by molar-refractivity contribution is -0.349. The van der Waals surface area contributed by atoms with Gasteiger partial charge >= 0.3 is 0 Å². The number of fused-ring (bicyclic) bond motifs is 5. The molecule has 3 heterocycles. The number of rotatable bonds is 12. The van der Waals surface area contributed by atoms with Gasteiger partial charge in [-0.2, -0.15) is 0 Å². The molecule has 7 fully saturated rings. The zero-order chi connectivity index (χ0) is 47.9. The molecular formula is C48H82O17. The quantitative estimate of drug-likeness (QED) is 0.0962. The molecule has 0 spiro atoms. The molecule has 7 aliphatic rings. The van der Waals surface area contributed by atoms with Crippen molar-refractivity contribution in [2.45, 2.75) is 230 Å². The first-order chi connectivity index (χ1) is 30.3. The molecule has 0 aromatic rings. The van der Waals surface area contributed by atoms with Crippen molar-refractivity contribution >= 4 is 0 Å². The summed E-state index contributed by atoms with van der Waals surface area (Å²) in [5.41, 5.74) is -0.962. The molecule has 65 heavy (non-hydrogen) atoms. The van der Waals surface area contributed by atoms with Gasteiger partial charge in [-0.25, -0.2) is 0 Å². The molecule has 3 saturated heterocycles. The highest BCUT2D eigenvalue weighted by Gasteiger charge is 2.72. The number of ether oxygens (including phenoxy) is 6. The first-order valence-corrected chi connectivity index (χ1v) is 24.2. The van der Waals surface area contributed by atoms with Crippen molar-refractivity contribution in [3.05, 3.63) is 11.6 Å². The van der Waals surface area contributed by atoms with E-state index in [1.807, 2.05) is 20.8 Å². The van der Waals surface area contributed by atoms with Gasteiger partial charge in [0.25, 0.3) is 0 Å². The summed E-state index contributed by atoms with van der Waals surface area (Å²) in [5, 5.41) is 119. The Labute approximate surface area is 384 Å². The van der Waals surface area contributed by atoms with Crippen molar-refractivity contribution in [3.63, 3.8) is 0 Å². The number of allylic oxidation sites excluding steroid dienone is 2. The van der Waals surface area contributed by atoms with Crippen LogP contribution in [0.5, 0.6) is 0 Å². The molecule has 3 aliphatic heterocycles. The molecule has 4 aliphatic carbocycles. The van der Waals surface area contributed by atoms with E-state index in [0.717, 1.165) is 37.7 Å². The van der Waals surface area contributed by atoms with Crippen molar-refractivity contribution in [3.8, 4) is 0 Å². The van der Waals surface area contributed by atoms with E-state index in [0.29, 0.717) is 25.7 Å². The fourth-order valence-electron chi connectivity index (χ4n) is 14.7. The van der Waals surface area contributed by atoms with Crippen molar-refractivity contribution < 1.29 is 84.6 Å². The van der Waals surface area contributed by atoms with Crippen molar-refractivity contribution in [1.29, 1.82) is 0 Å². The van der Waals surface area contributed by atoms with Gasteiger partial charge in [0, 0.05) is 0 Å². The lowest BCUT2D eigenvalue weighted by atomic mass is 9.35. The van der Waals surface area contributed by atoms with Crippen LogP contribution in [0.15, 0.2) is 11.6 Å². The van der Waals surface area contributed by atoms with Crippen LogP contribution in [0.1, 0.15) is 120 Å². The van der Waals surface area contributed by atoms with Crippen LogP contribution in [-0.2, 0) is 28.4 Å². The molecule has 0 amide bonds. The second-order valence-corrected chi connectivity index (χ2v) is 22.9.